The van der Waals surface area contributed by atoms with Crippen LogP contribution in [0.25, 0.3) is 6.08 Å². The van der Waals surface area contributed by atoms with Gasteiger partial charge in [0.1, 0.15) is 0 Å². The SMILES string of the molecule is Cc1cccc(N2CCN(C(=O)CN3CCN(C/C=C/c4ccccc4)CC3)CC2)c1C. The van der Waals surface area contributed by atoms with E-state index in [-0.39, 0.29) is 5.91 Å². The van der Waals surface area contributed by atoms with Gasteiger partial charge in [-0.05, 0) is 36.6 Å². The Labute approximate surface area is 192 Å². The summed E-state index contributed by atoms with van der Waals surface area (Å²) in [5.41, 5.74) is 5.24. The summed E-state index contributed by atoms with van der Waals surface area (Å²) in [5, 5.41) is 0. The van der Waals surface area contributed by atoms with Gasteiger partial charge >= 0.3 is 0 Å². The minimum atomic E-state index is 0.281. The summed E-state index contributed by atoms with van der Waals surface area (Å²) in [6, 6.07) is 16.9. The minimum absolute atomic E-state index is 0.281. The number of nitrogens with zero attached hydrogens (tertiary/aromatic N) is 4. The van der Waals surface area contributed by atoms with E-state index in [0.717, 1.165) is 58.9 Å². The third-order valence-electron chi connectivity index (χ3n) is 6.85. The zero-order valence-electron chi connectivity index (χ0n) is 19.5. The van der Waals surface area contributed by atoms with Crippen LogP contribution in [-0.4, -0.2) is 86.1 Å². The molecule has 0 spiro atoms. The maximum atomic E-state index is 12.9. The summed E-state index contributed by atoms with van der Waals surface area (Å²) < 4.78 is 0. The molecule has 2 saturated heterocycles. The van der Waals surface area contributed by atoms with Crippen molar-refractivity contribution in [2.24, 2.45) is 0 Å². The van der Waals surface area contributed by atoms with E-state index in [1.165, 1.54) is 22.4 Å². The van der Waals surface area contributed by atoms with Crippen molar-refractivity contribution >= 4 is 17.7 Å². The molecule has 0 aliphatic carbocycles. The van der Waals surface area contributed by atoms with Crippen molar-refractivity contribution in [3.8, 4) is 0 Å². The number of hydrogen-bond donors (Lipinski definition) is 0. The molecule has 0 bridgehead atoms. The van der Waals surface area contributed by atoms with E-state index < -0.39 is 0 Å². The molecule has 2 aromatic carbocycles. The van der Waals surface area contributed by atoms with Gasteiger partial charge in [0.25, 0.3) is 0 Å². The highest BCUT2D eigenvalue weighted by Gasteiger charge is 2.25. The summed E-state index contributed by atoms with van der Waals surface area (Å²) in [6.45, 7) is 13.3. The number of hydrogen-bond acceptors (Lipinski definition) is 4. The first-order chi connectivity index (χ1) is 15.6. The molecule has 0 N–H and O–H groups in total. The van der Waals surface area contributed by atoms with E-state index >= 15 is 0 Å². The van der Waals surface area contributed by atoms with Crippen LogP contribution >= 0.6 is 0 Å². The Kier molecular flexibility index (Phi) is 7.61. The molecule has 0 saturated carbocycles. The average Bonchev–Trinajstić information content (AvgIpc) is 2.83. The van der Waals surface area contributed by atoms with Crippen LogP contribution < -0.4 is 4.90 Å². The zero-order chi connectivity index (χ0) is 22.3. The van der Waals surface area contributed by atoms with Crippen LogP contribution in [0.2, 0.25) is 0 Å². The summed E-state index contributed by atoms with van der Waals surface area (Å²) >= 11 is 0. The maximum Gasteiger partial charge on any atom is 0.236 e. The van der Waals surface area contributed by atoms with Gasteiger partial charge in [-0.15, -0.1) is 0 Å². The minimum Gasteiger partial charge on any atom is -0.368 e. The van der Waals surface area contributed by atoms with Crippen LogP contribution in [0.15, 0.2) is 54.6 Å². The Balaban J connectivity index is 1.18. The average molecular weight is 433 g/mol. The molecule has 2 fully saturated rings. The summed E-state index contributed by atoms with van der Waals surface area (Å²) in [7, 11) is 0. The fraction of sp³-hybridized carbons (Fsp3) is 0.444. The van der Waals surface area contributed by atoms with Crippen LogP contribution in [0.3, 0.4) is 0 Å². The predicted octanol–water partition coefficient (Wildman–Crippen LogP) is 3.28. The standard InChI is InChI=1S/C27H36N4O/c1-23-8-6-12-26(24(23)2)30-18-20-31(21-19-30)27(32)22-29-16-14-28(15-17-29)13-7-11-25-9-4-3-5-10-25/h3-12H,13-22H2,1-2H3/b11-7+. The maximum absolute atomic E-state index is 12.9. The lowest BCUT2D eigenvalue weighted by Gasteiger charge is -2.39. The first-order valence-electron chi connectivity index (χ1n) is 11.9. The fourth-order valence-corrected chi connectivity index (χ4v) is 4.60. The molecule has 2 aromatic rings. The Morgan fingerprint density at radius 1 is 0.812 bits per heavy atom. The van der Waals surface area contributed by atoms with E-state index in [1.54, 1.807) is 0 Å². The van der Waals surface area contributed by atoms with Crippen molar-refractivity contribution < 1.29 is 4.79 Å². The molecular weight excluding hydrogens is 396 g/mol. The first kappa shape index (κ1) is 22.6. The van der Waals surface area contributed by atoms with Gasteiger partial charge in [-0.2, -0.15) is 0 Å². The third-order valence-corrected chi connectivity index (χ3v) is 6.85. The van der Waals surface area contributed by atoms with Crippen molar-refractivity contribution in [3.63, 3.8) is 0 Å². The van der Waals surface area contributed by atoms with Gasteiger partial charge in [0.2, 0.25) is 5.91 Å². The molecule has 2 aliphatic heterocycles. The lowest BCUT2D eigenvalue weighted by Crippen LogP contribution is -2.54. The molecule has 1 amide bonds. The normalized spacial score (nSPS) is 18.4. The molecule has 5 nitrogen and oxygen atoms in total. The Morgan fingerprint density at radius 2 is 1.50 bits per heavy atom. The topological polar surface area (TPSA) is 30.0 Å². The van der Waals surface area contributed by atoms with Crippen molar-refractivity contribution in [1.29, 1.82) is 0 Å². The van der Waals surface area contributed by atoms with E-state index in [9.17, 15) is 4.79 Å². The van der Waals surface area contributed by atoms with Gasteiger partial charge in [0.15, 0.2) is 0 Å². The summed E-state index contributed by atoms with van der Waals surface area (Å²) in [4.78, 5) is 22.1. The monoisotopic (exact) mass is 432 g/mol. The number of anilines is 1. The van der Waals surface area contributed by atoms with Gasteiger partial charge in [0, 0.05) is 64.6 Å². The third kappa shape index (κ3) is 5.78. The Bertz CT molecular complexity index is 911. The van der Waals surface area contributed by atoms with E-state index in [4.69, 9.17) is 0 Å². The molecule has 170 valence electrons. The highest BCUT2D eigenvalue weighted by molar-refractivity contribution is 5.78. The lowest BCUT2D eigenvalue weighted by atomic mass is 10.1. The van der Waals surface area contributed by atoms with Crippen LogP contribution in [0.4, 0.5) is 5.69 Å². The second-order valence-corrected chi connectivity index (χ2v) is 8.98. The molecule has 0 atom stereocenters. The summed E-state index contributed by atoms with van der Waals surface area (Å²) in [5.74, 6) is 0.281. The number of piperazine rings is 2. The molecule has 0 aromatic heterocycles. The van der Waals surface area contributed by atoms with Gasteiger partial charge in [0.05, 0.1) is 6.54 Å². The number of amides is 1. The van der Waals surface area contributed by atoms with Gasteiger partial charge in [-0.1, -0.05) is 54.6 Å². The zero-order valence-corrected chi connectivity index (χ0v) is 19.5. The molecule has 4 rings (SSSR count). The van der Waals surface area contributed by atoms with Crippen molar-refractivity contribution in [2.75, 3.05) is 70.3 Å². The van der Waals surface area contributed by atoms with Crippen LogP contribution in [0.5, 0.6) is 0 Å². The smallest absolute Gasteiger partial charge is 0.236 e. The second kappa shape index (κ2) is 10.8. The number of rotatable bonds is 6. The van der Waals surface area contributed by atoms with Crippen molar-refractivity contribution in [1.82, 2.24) is 14.7 Å². The fourth-order valence-electron chi connectivity index (χ4n) is 4.60. The summed E-state index contributed by atoms with van der Waals surface area (Å²) in [6.07, 6.45) is 4.43. The second-order valence-electron chi connectivity index (χ2n) is 8.98. The highest BCUT2D eigenvalue weighted by atomic mass is 16.2. The van der Waals surface area contributed by atoms with E-state index in [0.29, 0.717) is 6.54 Å². The quantitative estimate of drug-likeness (QED) is 0.701. The Morgan fingerprint density at radius 3 is 2.22 bits per heavy atom. The van der Waals surface area contributed by atoms with Crippen LogP contribution in [0.1, 0.15) is 16.7 Å². The van der Waals surface area contributed by atoms with Crippen molar-refractivity contribution in [2.45, 2.75) is 13.8 Å². The highest BCUT2D eigenvalue weighted by Crippen LogP contribution is 2.24. The van der Waals surface area contributed by atoms with E-state index in [2.05, 4.69) is 88.1 Å². The number of benzene rings is 2. The lowest BCUT2D eigenvalue weighted by molar-refractivity contribution is -0.133. The molecule has 5 heteroatoms. The van der Waals surface area contributed by atoms with Crippen molar-refractivity contribution in [3.05, 3.63) is 71.3 Å². The van der Waals surface area contributed by atoms with Crippen LogP contribution in [-0.2, 0) is 4.79 Å². The van der Waals surface area contributed by atoms with E-state index in [1.807, 2.05) is 6.07 Å². The van der Waals surface area contributed by atoms with Gasteiger partial charge in [-0.25, -0.2) is 0 Å². The Hall–Kier alpha value is -2.63. The molecule has 0 unspecified atom stereocenters. The van der Waals surface area contributed by atoms with Gasteiger partial charge in [-0.3, -0.25) is 14.6 Å². The largest absolute Gasteiger partial charge is 0.368 e. The molecular formula is C27H36N4O. The number of carbonyl (C=O) groups is 1. The first-order valence-corrected chi connectivity index (χ1v) is 11.9. The molecule has 32 heavy (non-hydrogen) atoms. The molecule has 2 aliphatic rings. The van der Waals surface area contributed by atoms with Crippen LogP contribution in [0, 0.1) is 13.8 Å². The number of aryl methyl sites for hydroxylation is 1. The predicted molar refractivity (Wildman–Crippen MR) is 133 cm³/mol. The number of carbonyl (C=O) groups excluding carboxylic acids is 1. The van der Waals surface area contributed by atoms with Gasteiger partial charge < -0.3 is 9.80 Å². The molecule has 2 heterocycles. The molecule has 0 radical (unpaired) electrons.